The Morgan fingerprint density at radius 2 is 2.04 bits per heavy atom. The van der Waals surface area contributed by atoms with E-state index in [1.807, 2.05) is 13.0 Å². The Kier molecular flexibility index (Phi) is 7.31. The molecule has 8 nitrogen and oxygen atoms in total. The zero-order valence-electron chi connectivity index (χ0n) is 13.3. The fraction of sp³-hybridized carbons (Fsp3) is 0.467. The van der Waals surface area contributed by atoms with Gasteiger partial charge in [0.25, 0.3) is 10.1 Å². The van der Waals surface area contributed by atoms with E-state index in [-0.39, 0.29) is 23.5 Å². The van der Waals surface area contributed by atoms with Crippen molar-refractivity contribution >= 4 is 16.0 Å². The standard InChI is InChI=1S/C8H13N3O2.C7H8O3S/c9-4-6-2-1-3-11(6)8(13)7(10)5-12;1-6-2-4-7(5-3-6)11(8,9)10/h6-7,12H,1-3,5,10H2;2-5H,1H3,(H,8,9,10). The lowest BCUT2D eigenvalue weighted by molar-refractivity contribution is -0.133. The Morgan fingerprint density at radius 1 is 1.46 bits per heavy atom. The largest absolute Gasteiger partial charge is 0.394 e. The molecule has 132 valence electrons. The molecule has 24 heavy (non-hydrogen) atoms. The minimum Gasteiger partial charge on any atom is -0.394 e. The van der Waals surface area contributed by atoms with Crippen molar-refractivity contribution in [1.29, 1.82) is 5.26 Å². The summed E-state index contributed by atoms with van der Waals surface area (Å²) in [6.07, 6.45) is 1.54. The number of nitriles is 1. The lowest BCUT2D eigenvalue weighted by atomic mass is 10.2. The van der Waals surface area contributed by atoms with Crippen molar-refractivity contribution < 1.29 is 22.9 Å². The molecule has 0 spiro atoms. The van der Waals surface area contributed by atoms with Crippen LogP contribution in [0.2, 0.25) is 0 Å². The zero-order chi connectivity index (χ0) is 18.3. The Bertz CT molecular complexity index is 697. The lowest BCUT2D eigenvalue weighted by Crippen LogP contribution is -2.47. The van der Waals surface area contributed by atoms with Crippen molar-refractivity contribution in [3.8, 4) is 6.07 Å². The molecule has 1 aromatic carbocycles. The van der Waals surface area contributed by atoms with Crippen LogP contribution in [0, 0.1) is 18.3 Å². The number of aliphatic hydroxyl groups is 1. The van der Waals surface area contributed by atoms with Gasteiger partial charge in [0.1, 0.15) is 12.1 Å². The highest BCUT2D eigenvalue weighted by molar-refractivity contribution is 7.85. The molecule has 1 heterocycles. The molecule has 1 aromatic rings. The zero-order valence-corrected chi connectivity index (χ0v) is 14.1. The Balaban J connectivity index is 0.000000243. The van der Waals surface area contributed by atoms with Crippen LogP contribution in [0.25, 0.3) is 0 Å². The van der Waals surface area contributed by atoms with Crippen LogP contribution < -0.4 is 5.73 Å². The number of amides is 1. The fourth-order valence-electron chi connectivity index (χ4n) is 2.17. The fourth-order valence-corrected chi connectivity index (χ4v) is 2.65. The van der Waals surface area contributed by atoms with Crippen molar-refractivity contribution in [2.45, 2.75) is 36.7 Å². The van der Waals surface area contributed by atoms with Crippen LogP contribution in [0.3, 0.4) is 0 Å². The summed E-state index contributed by atoms with van der Waals surface area (Å²) in [5.41, 5.74) is 6.32. The van der Waals surface area contributed by atoms with E-state index in [9.17, 15) is 13.2 Å². The third kappa shape index (κ3) is 5.58. The summed E-state index contributed by atoms with van der Waals surface area (Å²) in [6, 6.07) is 6.79. The average Bonchev–Trinajstić information content (AvgIpc) is 3.02. The second-order valence-corrected chi connectivity index (χ2v) is 6.82. The smallest absolute Gasteiger partial charge is 0.294 e. The summed E-state index contributed by atoms with van der Waals surface area (Å²) < 4.78 is 29.6. The molecule has 2 rings (SSSR count). The molecule has 0 radical (unpaired) electrons. The lowest BCUT2D eigenvalue weighted by Gasteiger charge is -2.22. The van der Waals surface area contributed by atoms with Crippen LogP contribution in [0.1, 0.15) is 18.4 Å². The topological polar surface area (TPSA) is 145 Å². The quantitative estimate of drug-likeness (QED) is 0.650. The van der Waals surface area contributed by atoms with E-state index in [4.69, 9.17) is 20.7 Å². The van der Waals surface area contributed by atoms with Gasteiger partial charge in [0.05, 0.1) is 17.6 Å². The molecule has 9 heteroatoms. The molecule has 2 unspecified atom stereocenters. The number of likely N-dealkylation sites (tertiary alicyclic amines) is 1. The predicted molar refractivity (Wildman–Crippen MR) is 86.4 cm³/mol. The molecule has 1 amide bonds. The normalized spacial score (nSPS) is 18.3. The molecule has 0 bridgehead atoms. The van der Waals surface area contributed by atoms with Gasteiger partial charge in [0, 0.05) is 6.54 Å². The van der Waals surface area contributed by atoms with E-state index in [0.717, 1.165) is 12.0 Å². The molecule has 1 aliphatic rings. The van der Waals surface area contributed by atoms with Crippen LogP contribution in [0.5, 0.6) is 0 Å². The van der Waals surface area contributed by atoms with E-state index in [0.29, 0.717) is 13.0 Å². The van der Waals surface area contributed by atoms with Crippen LogP contribution in [0.15, 0.2) is 29.2 Å². The van der Waals surface area contributed by atoms with Gasteiger partial charge in [0.2, 0.25) is 5.91 Å². The number of hydrogen-bond donors (Lipinski definition) is 3. The highest BCUT2D eigenvalue weighted by atomic mass is 32.2. The van der Waals surface area contributed by atoms with Gasteiger partial charge in [-0.05, 0) is 31.9 Å². The Labute approximate surface area is 141 Å². The second kappa shape index (κ2) is 8.75. The first-order valence-corrected chi connectivity index (χ1v) is 8.75. The predicted octanol–water partition coefficient (Wildman–Crippen LogP) is 0.0623. The molecule has 0 aliphatic carbocycles. The summed E-state index contributed by atoms with van der Waals surface area (Å²) in [6.45, 7) is 2.05. The maximum Gasteiger partial charge on any atom is 0.294 e. The average molecular weight is 355 g/mol. The number of aryl methyl sites for hydroxylation is 1. The van der Waals surface area contributed by atoms with Crippen molar-refractivity contribution in [2.75, 3.05) is 13.2 Å². The molecule has 0 aromatic heterocycles. The SMILES string of the molecule is Cc1ccc(S(=O)(=O)O)cc1.N#CC1CCCN1C(=O)C(N)CO. The van der Waals surface area contributed by atoms with Gasteiger partial charge in [-0.25, -0.2) is 0 Å². The molecular weight excluding hydrogens is 334 g/mol. The van der Waals surface area contributed by atoms with Crippen LogP contribution in [-0.4, -0.2) is 54.1 Å². The van der Waals surface area contributed by atoms with Crippen LogP contribution in [0.4, 0.5) is 0 Å². The number of hydrogen-bond acceptors (Lipinski definition) is 6. The first-order valence-electron chi connectivity index (χ1n) is 7.31. The van der Waals surface area contributed by atoms with Crippen LogP contribution >= 0.6 is 0 Å². The van der Waals surface area contributed by atoms with E-state index in [1.165, 1.54) is 17.0 Å². The maximum atomic E-state index is 11.4. The van der Waals surface area contributed by atoms with E-state index < -0.39 is 16.2 Å². The van der Waals surface area contributed by atoms with Crippen LogP contribution in [-0.2, 0) is 14.9 Å². The first-order chi connectivity index (χ1) is 11.2. The van der Waals surface area contributed by atoms with Gasteiger partial charge >= 0.3 is 0 Å². The third-order valence-electron chi connectivity index (χ3n) is 3.52. The van der Waals surface area contributed by atoms with Gasteiger partial charge < -0.3 is 15.7 Å². The molecule has 1 aliphatic heterocycles. The summed E-state index contributed by atoms with van der Waals surface area (Å²) in [7, 11) is -4.02. The van der Waals surface area contributed by atoms with Gasteiger partial charge in [-0.3, -0.25) is 9.35 Å². The van der Waals surface area contributed by atoms with Crippen molar-refractivity contribution in [3.63, 3.8) is 0 Å². The number of rotatable bonds is 3. The maximum absolute atomic E-state index is 11.4. The van der Waals surface area contributed by atoms with Crippen molar-refractivity contribution in [2.24, 2.45) is 5.73 Å². The molecule has 1 fully saturated rings. The number of benzene rings is 1. The Hall–Kier alpha value is -1.99. The molecule has 1 saturated heterocycles. The van der Waals surface area contributed by atoms with E-state index in [1.54, 1.807) is 12.1 Å². The summed E-state index contributed by atoms with van der Waals surface area (Å²) in [5, 5.41) is 17.4. The number of carbonyl (C=O) groups excluding carboxylic acids is 1. The minimum atomic E-state index is -4.02. The molecular formula is C15H21N3O5S. The minimum absolute atomic E-state index is 0.0666. The van der Waals surface area contributed by atoms with Crippen molar-refractivity contribution in [1.82, 2.24) is 4.90 Å². The summed E-state index contributed by atoms with van der Waals surface area (Å²) in [5.74, 6) is -0.327. The monoisotopic (exact) mass is 355 g/mol. The summed E-state index contributed by atoms with van der Waals surface area (Å²) >= 11 is 0. The van der Waals surface area contributed by atoms with Gasteiger partial charge in [-0.15, -0.1) is 0 Å². The number of nitrogens with zero attached hydrogens (tertiary/aromatic N) is 2. The second-order valence-electron chi connectivity index (χ2n) is 5.40. The van der Waals surface area contributed by atoms with E-state index in [2.05, 4.69) is 0 Å². The van der Waals surface area contributed by atoms with Gasteiger partial charge in [-0.2, -0.15) is 13.7 Å². The highest BCUT2D eigenvalue weighted by Gasteiger charge is 2.31. The third-order valence-corrected chi connectivity index (χ3v) is 4.39. The van der Waals surface area contributed by atoms with E-state index >= 15 is 0 Å². The molecule has 0 saturated carbocycles. The Morgan fingerprint density at radius 3 is 2.50 bits per heavy atom. The molecule has 2 atom stereocenters. The first kappa shape index (κ1) is 20.1. The van der Waals surface area contributed by atoms with Gasteiger partial charge in [-0.1, -0.05) is 17.7 Å². The van der Waals surface area contributed by atoms with Gasteiger partial charge in [0.15, 0.2) is 0 Å². The number of aliphatic hydroxyl groups excluding tert-OH is 1. The van der Waals surface area contributed by atoms with Crippen molar-refractivity contribution in [3.05, 3.63) is 29.8 Å². The number of nitrogens with two attached hydrogens (primary N) is 1. The molecule has 4 N–H and O–H groups in total. The highest BCUT2D eigenvalue weighted by Crippen LogP contribution is 2.16. The number of carbonyl (C=O) groups is 1. The summed E-state index contributed by atoms with van der Waals surface area (Å²) in [4.78, 5) is 12.8.